The topological polar surface area (TPSA) is 77.3 Å². The van der Waals surface area contributed by atoms with E-state index in [-0.39, 0.29) is 10.8 Å². The van der Waals surface area contributed by atoms with Crippen molar-refractivity contribution in [3.8, 4) is 5.75 Å². The third kappa shape index (κ3) is 3.81. The van der Waals surface area contributed by atoms with Gasteiger partial charge in [0.2, 0.25) is 10.0 Å². The zero-order chi connectivity index (χ0) is 21.3. The minimum atomic E-state index is -3.65. The van der Waals surface area contributed by atoms with Gasteiger partial charge in [-0.25, -0.2) is 18.1 Å². The summed E-state index contributed by atoms with van der Waals surface area (Å²) in [7, 11) is -2.15. The summed E-state index contributed by atoms with van der Waals surface area (Å²) in [6.07, 6.45) is 4.53. The van der Waals surface area contributed by atoms with Crippen LogP contribution in [0.5, 0.6) is 5.75 Å². The van der Waals surface area contributed by atoms with Crippen molar-refractivity contribution in [1.82, 2.24) is 19.1 Å². The number of hydrogen-bond acceptors (Lipinski definition) is 5. The number of sulfonamides is 1. The van der Waals surface area contributed by atoms with E-state index in [4.69, 9.17) is 9.72 Å². The van der Waals surface area contributed by atoms with Crippen LogP contribution in [0.15, 0.2) is 41.4 Å². The Morgan fingerprint density at radius 2 is 2.07 bits per heavy atom. The predicted octanol–water partition coefficient (Wildman–Crippen LogP) is 3.73. The van der Waals surface area contributed by atoms with E-state index in [2.05, 4.69) is 12.0 Å². The molecule has 0 bridgehead atoms. The Morgan fingerprint density at radius 1 is 1.23 bits per heavy atom. The lowest BCUT2D eigenvalue weighted by Crippen LogP contribution is -2.39. The third-order valence-electron chi connectivity index (χ3n) is 5.68. The van der Waals surface area contributed by atoms with Gasteiger partial charge in [-0.15, -0.1) is 0 Å². The summed E-state index contributed by atoms with van der Waals surface area (Å²) in [5.74, 6) is 0.435. The summed E-state index contributed by atoms with van der Waals surface area (Å²) in [6, 6.07) is 9.30. The van der Waals surface area contributed by atoms with Gasteiger partial charge in [0.1, 0.15) is 10.6 Å². The summed E-state index contributed by atoms with van der Waals surface area (Å²) in [4.78, 5) is 5.10. The second-order valence-electron chi connectivity index (χ2n) is 7.87. The largest absolute Gasteiger partial charge is 0.495 e. The van der Waals surface area contributed by atoms with Crippen molar-refractivity contribution in [1.29, 1.82) is 0 Å². The van der Waals surface area contributed by atoms with Gasteiger partial charge in [0.25, 0.3) is 0 Å². The maximum absolute atomic E-state index is 13.4. The SMILES string of the molecule is CCCn1ncc2ccc([C@H]3CCCN(S(=O)(=O)c4cc(C)ccc4OC)C3)nc21. The molecule has 0 aliphatic carbocycles. The van der Waals surface area contributed by atoms with E-state index in [1.54, 1.807) is 16.4 Å². The highest BCUT2D eigenvalue weighted by atomic mass is 32.2. The smallest absolute Gasteiger partial charge is 0.246 e. The normalized spacial score (nSPS) is 18.0. The zero-order valence-corrected chi connectivity index (χ0v) is 18.5. The van der Waals surface area contributed by atoms with Crippen LogP contribution in [-0.2, 0) is 16.6 Å². The van der Waals surface area contributed by atoms with Crippen molar-refractivity contribution >= 4 is 21.1 Å². The zero-order valence-electron chi connectivity index (χ0n) is 17.7. The summed E-state index contributed by atoms with van der Waals surface area (Å²) in [5.41, 5.74) is 2.69. The Hall–Kier alpha value is -2.45. The number of pyridine rings is 1. The number of rotatable bonds is 6. The Morgan fingerprint density at radius 3 is 2.83 bits per heavy atom. The summed E-state index contributed by atoms with van der Waals surface area (Å²) < 4.78 is 35.7. The van der Waals surface area contributed by atoms with E-state index >= 15 is 0 Å². The van der Waals surface area contributed by atoms with Gasteiger partial charge in [-0.3, -0.25) is 0 Å². The van der Waals surface area contributed by atoms with Crippen LogP contribution in [0, 0.1) is 6.92 Å². The van der Waals surface area contributed by atoms with Crippen LogP contribution in [-0.4, -0.2) is 47.7 Å². The molecule has 8 heteroatoms. The molecule has 1 fully saturated rings. The van der Waals surface area contributed by atoms with Crippen LogP contribution in [0.3, 0.4) is 0 Å². The fourth-order valence-corrected chi connectivity index (χ4v) is 5.86. The van der Waals surface area contributed by atoms with E-state index in [9.17, 15) is 8.42 Å². The van der Waals surface area contributed by atoms with E-state index < -0.39 is 10.0 Å². The number of ether oxygens (including phenoxy) is 1. The molecule has 1 atom stereocenters. The van der Waals surface area contributed by atoms with Gasteiger partial charge in [-0.2, -0.15) is 9.40 Å². The van der Waals surface area contributed by atoms with Crippen LogP contribution < -0.4 is 4.74 Å². The number of methoxy groups -OCH3 is 1. The standard InChI is InChI=1S/C22H28N4O3S/c1-4-11-26-22-17(14-23-26)8-9-19(24-22)18-6-5-12-25(15-18)30(27,28)21-13-16(2)7-10-20(21)29-3/h7-10,13-14,18H,4-6,11-12,15H2,1-3H3/t18-/m0/s1. The quantitative estimate of drug-likeness (QED) is 0.598. The molecule has 3 aromatic rings. The molecule has 0 saturated carbocycles. The lowest BCUT2D eigenvalue weighted by Gasteiger charge is -2.32. The molecule has 0 radical (unpaired) electrons. The average Bonchev–Trinajstić information content (AvgIpc) is 3.16. The van der Waals surface area contributed by atoms with Crippen LogP contribution in [0.25, 0.3) is 11.0 Å². The minimum absolute atomic E-state index is 0.0544. The average molecular weight is 429 g/mol. The van der Waals surface area contributed by atoms with Gasteiger partial charge >= 0.3 is 0 Å². The molecule has 1 aliphatic heterocycles. The first-order chi connectivity index (χ1) is 14.4. The van der Waals surface area contributed by atoms with Crippen molar-refractivity contribution in [3.05, 3.63) is 47.8 Å². The van der Waals surface area contributed by atoms with Gasteiger partial charge in [-0.1, -0.05) is 13.0 Å². The molecule has 1 saturated heterocycles. The van der Waals surface area contributed by atoms with Gasteiger partial charge in [0.15, 0.2) is 5.65 Å². The maximum atomic E-state index is 13.4. The molecule has 160 valence electrons. The molecule has 2 aromatic heterocycles. The maximum Gasteiger partial charge on any atom is 0.246 e. The molecular weight excluding hydrogens is 400 g/mol. The first-order valence-electron chi connectivity index (χ1n) is 10.4. The van der Waals surface area contributed by atoms with Gasteiger partial charge in [-0.05, 0) is 56.0 Å². The number of benzene rings is 1. The lowest BCUT2D eigenvalue weighted by molar-refractivity contribution is 0.311. The van der Waals surface area contributed by atoms with Gasteiger partial charge in [0.05, 0.1) is 13.3 Å². The lowest BCUT2D eigenvalue weighted by atomic mass is 9.95. The number of aryl methyl sites for hydroxylation is 2. The first-order valence-corrected chi connectivity index (χ1v) is 11.8. The van der Waals surface area contributed by atoms with Crippen molar-refractivity contribution < 1.29 is 13.2 Å². The molecule has 7 nitrogen and oxygen atoms in total. The summed E-state index contributed by atoms with van der Waals surface area (Å²) in [5, 5.41) is 5.44. The molecule has 1 aromatic carbocycles. The second kappa shape index (κ2) is 8.35. The van der Waals surface area contributed by atoms with Crippen LogP contribution in [0.4, 0.5) is 0 Å². The molecule has 0 unspecified atom stereocenters. The molecule has 4 rings (SSSR count). The first kappa shape index (κ1) is 20.8. The Labute approximate surface area is 177 Å². The molecule has 0 N–H and O–H groups in total. The number of nitrogens with zero attached hydrogens (tertiary/aromatic N) is 4. The number of hydrogen-bond donors (Lipinski definition) is 0. The Balaban J connectivity index is 1.64. The highest BCUT2D eigenvalue weighted by Crippen LogP contribution is 2.33. The Kier molecular flexibility index (Phi) is 5.79. The van der Waals surface area contributed by atoms with Crippen molar-refractivity contribution in [2.24, 2.45) is 0 Å². The van der Waals surface area contributed by atoms with Crippen LogP contribution >= 0.6 is 0 Å². The van der Waals surface area contributed by atoms with E-state index in [1.165, 1.54) is 7.11 Å². The fraction of sp³-hybridized carbons (Fsp3) is 0.455. The molecule has 3 heterocycles. The third-order valence-corrected chi connectivity index (χ3v) is 7.57. The van der Waals surface area contributed by atoms with Crippen molar-refractivity contribution in [2.45, 2.75) is 50.5 Å². The molecule has 0 spiro atoms. The monoisotopic (exact) mass is 428 g/mol. The fourth-order valence-electron chi connectivity index (χ4n) is 4.10. The highest BCUT2D eigenvalue weighted by Gasteiger charge is 2.33. The van der Waals surface area contributed by atoms with Crippen molar-refractivity contribution in [2.75, 3.05) is 20.2 Å². The van der Waals surface area contributed by atoms with Gasteiger partial charge < -0.3 is 4.74 Å². The van der Waals surface area contributed by atoms with E-state index in [1.807, 2.05) is 36.0 Å². The van der Waals surface area contributed by atoms with Gasteiger partial charge in [0, 0.05) is 36.6 Å². The van der Waals surface area contributed by atoms with Crippen LogP contribution in [0.1, 0.15) is 43.4 Å². The number of aromatic nitrogens is 3. The number of piperidine rings is 1. The highest BCUT2D eigenvalue weighted by molar-refractivity contribution is 7.89. The van der Waals surface area contributed by atoms with E-state index in [0.29, 0.717) is 18.8 Å². The molecular formula is C22H28N4O3S. The minimum Gasteiger partial charge on any atom is -0.495 e. The number of fused-ring (bicyclic) bond motifs is 1. The molecule has 1 aliphatic rings. The summed E-state index contributed by atoms with van der Waals surface area (Å²) in [6.45, 7) is 5.74. The Bertz CT molecular complexity index is 1160. The predicted molar refractivity (Wildman–Crippen MR) is 116 cm³/mol. The van der Waals surface area contributed by atoms with Crippen molar-refractivity contribution in [3.63, 3.8) is 0 Å². The van der Waals surface area contributed by atoms with Crippen LogP contribution in [0.2, 0.25) is 0 Å². The second-order valence-corrected chi connectivity index (χ2v) is 9.78. The molecule has 30 heavy (non-hydrogen) atoms. The summed E-state index contributed by atoms with van der Waals surface area (Å²) >= 11 is 0. The van der Waals surface area contributed by atoms with E-state index in [0.717, 1.165) is 48.1 Å². The molecule has 0 amide bonds.